The highest BCUT2D eigenvalue weighted by Crippen LogP contribution is 2.11. The second-order valence-electron chi connectivity index (χ2n) is 3.78. The molecule has 0 aromatic carbocycles. The minimum absolute atomic E-state index is 0.00590. The van der Waals surface area contributed by atoms with Crippen LogP contribution in [0.2, 0.25) is 0 Å². The van der Waals surface area contributed by atoms with Gasteiger partial charge in [0.05, 0.1) is 18.8 Å². The molecule has 0 amide bonds. The van der Waals surface area contributed by atoms with Gasteiger partial charge in [0.1, 0.15) is 0 Å². The molecule has 0 aliphatic carbocycles. The average Bonchev–Trinajstić information content (AvgIpc) is 2.15. The van der Waals surface area contributed by atoms with Crippen molar-refractivity contribution in [3.8, 4) is 0 Å². The van der Waals surface area contributed by atoms with Crippen molar-refractivity contribution >= 4 is 0 Å². The Morgan fingerprint density at radius 2 is 1.77 bits per heavy atom. The number of hydrogen-bond donors (Lipinski definition) is 3. The molecule has 1 atom stereocenters. The smallest absolute Gasteiger partial charge is 0.0647 e. The Morgan fingerprint density at radius 3 is 2.08 bits per heavy atom. The minimum atomic E-state index is -0.491. The van der Waals surface area contributed by atoms with Gasteiger partial charge in [-0.2, -0.15) is 0 Å². The molecule has 0 radical (unpaired) electrons. The van der Waals surface area contributed by atoms with Crippen LogP contribution in [-0.4, -0.2) is 35.0 Å². The van der Waals surface area contributed by atoms with E-state index < -0.39 is 5.54 Å². The first-order valence-corrected chi connectivity index (χ1v) is 5.13. The van der Waals surface area contributed by atoms with E-state index in [9.17, 15) is 10.2 Å². The van der Waals surface area contributed by atoms with Crippen molar-refractivity contribution in [2.45, 2.75) is 51.6 Å². The van der Waals surface area contributed by atoms with Crippen LogP contribution < -0.4 is 5.32 Å². The molecule has 0 aliphatic heterocycles. The lowest BCUT2D eigenvalue weighted by Crippen LogP contribution is -2.54. The molecule has 0 heterocycles. The maximum absolute atomic E-state index is 9.17. The van der Waals surface area contributed by atoms with Gasteiger partial charge < -0.3 is 15.5 Å². The molecule has 0 rings (SSSR count). The predicted molar refractivity (Wildman–Crippen MR) is 54.7 cm³/mol. The molecule has 0 spiro atoms. The zero-order valence-corrected chi connectivity index (χ0v) is 9.01. The number of nitrogens with one attached hydrogen (secondary N) is 1. The molecule has 0 fully saturated rings. The van der Waals surface area contributed by atoms with Crippen molar-refractivity contribution in [3.63, 3.8) is 0 Å². The van der Waals surface area contributed by atoms with Gasteiger partial charge in [-0.1, -0.05) is 20.3 Å². The monoisotopic (exact) mass is 189 g/mol. The highest BCUT2D eigenvalue weighted by atomic mass is 16.3. The quantitative estimate of drug-likeness (QED) is 0.557. The molecular formula is C10H23NO2. The van der Waals surface area contributed by atoms with Crippen molar-refractivity contribution < 1.29 is 10.2 Å². The molecule has 13 heavy (non-hydrogen) atoms. The van der Waals surface area contributed by atoms with Gasteiger partial charge in [-0.3, -0.25) is 0 Å². The molecule has 80 valence electrons. The third-order valence-electron chi connectivity index (χ3n) is 2.56. The van der Waals surface area contributed by atoms with Gasteiger partial charge in [-0.25, -0.2) is 0 Å². The Morgan fingerprint density at radius 1 is 1.23 bits per heavy atom. The molecule has 3 N–H and O–H groups in total. The Balaban J connectivity index is 4.07. The summed E-state index contributed by atoms with van der Waals surface area (Å²) in [5, 5.41) is 21.6. The van der Waals surface area contributed by atoms with Gasteiger partial charge in [0, 0.05) is 6.04 Å². The first-order valence-electron chi connectivity index (χ1n) is 5.13. The van der Waals surface area contributed by atoms with E-state index in [4.69, 9.17) is 0 Å². The molecule has 3 heteroatoms. The Kier molecular flexibility index (Phi) is 6.29. The SMILES string of the molecule is CCCC(C)NC(CC)(CO)CO. The highest BCUT2D eigenvalue weighted by Gasteiger charge is 2.27. The highest BCUT2D eigenvalue weighted by molar-refractivity contribution is 4.87. The normalized spacial score (nSPS) is 14.5. The van der Waals surface area contributed by atoms with E-state index in [-0.39, 0.29) is 13.2 Å². The standard InChI is InChI=1S/C10H23NO2/c1-4-6-9(3)11-10(5-2,7-12)8-13/h9,11-13H,4-8H2,1-3H3. The first-order chi connectivity index (χ1) is 6.14. The van der Waals surface area contributed by atoms with Gasteiger partial charge in [0.25, 0.3) is 0 Å². The minimum Gasteiger partial charge on any atom is -0.394 e. The lowest BCUT2D eigenvalue weighted by molar-refractivity contribution is 0.0783. The Labute approximate surface area is 81.2 Å². The lowest BCUT2D eigenvalue weighted by Gasteiger charge is -2.33. The summed E-state index contributed by atoms with van der Waals surface area (Å²) in [4.78, 5) is 0. The van der Waals surface area contributed by atoms with Crippen molar-refractivity contribution in [2.75, 3.05) is 13.2 Å². The van der Waals surface area contributed by atoms with E-state index in [0.717, 1.165) is 19.3 Å². The Hall–Kier alpha value is -0.120. The summed E-state index contributed by atoms with van der Waals surface area (Å²) in [7, 11) is 0. The lowest BCUT2D eigenvalue weighted by atomic mass is 9.96. The van der Waals surface area contributed by atoms with Crippen LogP contribution in [0.1, 0.15) is 40.0 Å². The fourth-order valence-electron chi connectivity index (χ4n) is 1.49. The first kappa shape index (κ1) is 12.9. The predicted octanol–water partition coefficient (Wildman–Crippen LogP) is 0.898. The van der Waals surface area contributed by atoms with Gasteiger partial charge in [-0.05, 0) is 19.8 Å². The molecule has 0 saturated heterocycles. The summed E-state index contributed by atoms with van der Waals surface area (Å²) in [5.41, 5.74) is -0.491. The summed E-state index contributed by atoms with van der Waals surface area (Å²) >= 11 is 0. The van der Waals surface area contributed by atoms with Crippen molar-refractivity contribution in [1.29, 1.82) is 0 Å². The number of hydrogen-bond acceptors (Lipinski definition) is 3. The average molecular weight is 189 g/mol. The van der Waals surface area contributed by atoms with Crippen LogP contribution in [0, 0.1) is 0 Å². The maximum atomic E-state index is 9.17. The topological polar surface area (TPSA) is 52.5 Å². The van der Waals surface area contributed by atoms with Gasteiger partial charge in [0.15, 0.2) is 0 Å². The van der Waals surface area contributed by atoms with E-state index in [1.54, 1.807) is 0 Å². The molecule has 0 aromatic heterocycles. The molecule has 0 saturated carbocycles. The summed E-state index contributed by atoms with van der Waals surface area (Å²) < 4.78 is 0. The van der Waals surface area contributed by atoms with Crippen molar-refractivity contribution in [3.05, 3.63) is 0 Å². The van der Waals surface area contributed by atoms with Gasteiger partial charge in [-0.15, -0.1) is 0 Å². The van der Waals surface area contributed by atoms with Crippen molar-refractivity contribution in [1.82, 2.24) is 5.32 Å². The van der Waals surface area contributed by atoms with Crippen molar-refractivity contribution in [2.24, 2.45) is 0 Å². The molecule has 0 bridgehead atoms. The largest absolute Gasteiger partial charge is 0.394 e. The molecular weight excluding hydrogens is 166 g/mol. The Bertz CT molecular complexity index is 116. The van der Waals surface area contributed by atoms with E-state index in [1.165, 1.54) is 0 Å². The van der Waals surface area contributed by atoms with E-state index in [0.29, 0.717) is 6.04 Å². The fraction of sp³-hybridized carbons (Fsp3) is 1.00. The van der Waals surface area contributed by atoms with Gasteiger partial charge >= 0.3 is 0 Å². The third kappa shape index (κ3) is 4.07. The summed E-state index contributed by atoms with van der Waals surface area (Å²) in [5.74, 6) is 0. The van der Waals surface area contributed by atoms with E-state index in [2.05, 4.69) is 19.2 Å². The maximum Gasteiger partial charge on any atom is 0.0647 e. The molecule has 0 aromatic rings. The zero-order valence-electron chi connectivity index (χ0n) is 9.01. The number of rotatable bonds is 7. The fourth-order valence-corrected chi connectivity index (χ4v) is 1.49. The second kappa shape index (κ2) is 6.35. The summed E-state index contributed by atoms with van der Waals surface area (Å²) in [6.07, 6.45) is 2.93. The molecule has 0 aliphatic rings. The summed E-state index contributed by atoms with van der Waals surface area (Å²) in [6, 6.07) is 0.351. The van der Waals surface area contributed by atoms with Crippen LogP contribution in [0.3, 0.4) is 0 Å². The van der Waals surface area contributed by atoms with Crippen LogP contribution in [-0.2, 0) is 0 Å². The zero-order chi connectivity index (χ0) is 10.3. The number of aliphatic hydroxyl groups excluding tert-OH is 2. The third-order valence-corrected chi connectivity index (χ3v) is 2.56. The van der Waals surface area contributed by atoms with Crippen LogP contribution >= 0.6 is 0 Å². The van der Waals surface area contributed by atoms with E-state index >= 15 is 0 Å². The summed E-state index contributed by atoms with van der Waals surface area (Å²) in [6.45, 7) is 6.17. The number of aliphatic hydroxyl groups is 2. The van der Waals surface area contributed by atoms with Crippen LogP contribution in [0.5, 0.6) is 0 Å². The molecule has 1 unspecified atom stereocenters. The van der Waals surface area contributed by atoms with Crippen LogP contribution in [0.25, 0.3) is 0 Å². The van der Waals surface area contributed by atoms with Gasteiger partial charge in [0.2, 0.25) is 0 Å². The second-order valence-corrected chi connectivity index (χ2v) is 3.78. The van der Waals surface area contributed by atoms with Crippen LogP contribution in [0.4, 0.5) is 0 Å². The van der Waals surface area contributed by atoms with E-state index in [1.807, 2.05) is 6.92 Å². The van der Waals surface area contributed by atoms with Crippen LogP contribution in [0.15, 0.2) is 0 Å². The molecule has 3 nitrogen and oxygen atoms in total.